The number of benzene rings is 1. The zero-order chi connectivity index (χ0) is 17.9. The first-order valence-corrected chi connectivity index (χ1v) is 8.05. The summed E-state index contributed by atoms with van der Waals surface area (Å²) in [5.74, 6) is 0.126. The molecule has 2 N–H and O–H groups in total. The summed E-state index contributed by atoms with van der Waals surface area (Å²) in [5.41, 5.74) is -0.0605. The van der Waals surface area contributed by atoms with Crippen molar-refractivity contribution in [1.82, 2.24) is 10.2 Å². The minimum Gasteiger partial charge on any atom is -0.396 e. The van der Waals surface area contributed by atoms with Crippen molar-refractivity contribution in [2.24, 2.45) is 11.8 Å². The highest BCUT2D eigenvalue weighted by atomic mass is 19.4. The van der Waals surface area contributed by atoms with Crippen molar-refractivity contribution in [2.75, 3.05) is 19.7 Å². The number of alkyl halides is 3. The maximum atomic E-state index is 12.7. The number of aliphatic hydroxyl groups excluding tert-OH is 1. The SMILES string of the molecule is CC(C)[C@@H](NC(=O)N1CC[C@@H](CO)C1)c1ccc(C(F)(F)F)cc1. The predicted octanol–water partition coefficient (Wildman–Crippen LogP) is 3.43. The lowest BCUT2D eigenvalue weighted by atomic mass is 9.95. The van der Waals surface area contributed by atoms with Gasteiger partial charge < -0.3 is 15.3 Å². The maximum Gasteiger partial charge on any atom is 0.416 e. The van der Waals surface area contributed by atoms with Gasteiger partial charge in [-0.05, 0) is 30.0 Å². The lowest BCUT2D eigenvalue weighted by Crippen LogP contribution is -2.42. The van der Waals surface area contributed by atoms with Crippen molar-refractivity contribution in [3.05, 3.63) is 35.4 Å². The molecule has 1 aliphatic rings. The van der Waals surface area contributed by atoms with Crippen LogP contribution < -0.4 is 5.32 Å². The molecule has 134 valence electrons. The van der Waals surface area contributed by atoms with E-state index in [2.05, 4.69) is 5.32 Å². The molecule has 1 saturated heterocycles. The van der Waals surface area contributed by atoms with E-state index in [0.29, 0.717) is 18.7 Å². The van der Waals surface area contributed by atoms with Crippen LogP contribution in [0.3, 0.4) is 0 Å². The number of nitrogens with one attached hydrogen (secondary N) is 1. The molecule has 0 aliphatic carbocycles. The van der Waals surface area contributed by atoms with Crippen LogP contribution in [0.5, 0.6) is 0 Å². The Balaban J connectivity index is 2.08. The number of likely N-dealkylation sites (tertiary alicyclic amines) is 1. The molecular formula is C17H23F3N2O2. The van der Waals surface area contributed by atoms with E-state index in [0.717, 1.165) is 18.6 Å². The monoisotopic (exact) mass is 344 g/mol. The van der Waals surface area contributed by atoms with Crippen LogP contribution in [-0.2, 0) is 6.18 Å². The van der Waals surface area contributed by atoms with Crippen molar-refractivity contribution >= 4 is 6.03 Å². The standard InChI is InChI=1S/C17H23F3N2O2/c1-11(2)15(13-3-5-14(6-4-13)17(18,19)20)21-16(24)22-8-7-12(9-22)10-23/h3-6,11-12,15,23H,7-10H2,1-2H3,(H,21,24)/t12-,15-/m1/s1. The third-order valence-corrected chi connectivity index (χ3v) is 4.37. The molecule has 0 unspecified atom stereocenters. The summed E-state index contributed by atoms with van der Waals surface area (Å²) in [6.07, 6.45) is -3.61. The Morgan fingerprint density at radius 2 is 1.96 bits per heavy atom. The number of carbonyl (C=O) groups is 1. The van der Waals surface area contributed by atoms with Crippen LogP contribution in [0, 0.1) is 11.8 Å². The van der Waals surface area contributed by atoms with Crippen molar-refractivity contribution in [2.45, 2.75) is 32.5 Å². The van der Waals surface area contributed by atoms with Crippen LogP contribution in [0.2, 0.25) is 0 Å². The smallest absolute Gasteiger partial charge is 0.396 e. The quantitative estimate of drug-likeness (QED) is 0.879. The van der Waals surface area contributed by atoms with Crippen molar-refractivity contribution in [3.8, 4) is 0 Å². The number of hydrogen-bond donors (Lipinski definition) is 2. The van der Waals surface area contributed by atoms with Crippen LogP contribution in [0.15, 0.2) is 24.3 Å². The number of hydrogen-bond acceptors (Lipinski definition) is 2. The molecule has 2 amide bonds. The van der Waals surface area contributed by atoms with Gasteiger partial charge in [-0.2, -0.15) is 13.2 Å². The summed E-state index contributed by atoms with van der Waals surface area (Å²) < 4.78 is 38.0. The normalized spacial score (nSPS) is 19.6. The van der Waals surface area contributed by atoms with Gasteiger partial charge in [0, 0.05) is 25.6 Å². The van der Waals surface area contributed by atoms with E-state index in [1.54, 1.807) is 4.90 Å². The fourth-order valence-electron chi connectivity index (χ4n) is 2.90. The lowest BCUT2D eigenvalue weighted by molar-refractivity contribution is -0.137. The molecule has 0 spiro atoms. The van der Waals surface area contributed by atoms with E-state index < -0.39 is 11.7 Å². The number of urea groups is 1. The molecule has 1 aromatic rings. The zero-order valence-electron chi connectivity index (χ0n) is 13.8. The van der Waals surface area contributed by atoms with Crippen LogP contribution >= 0.6 is 0 Å². The average Bonchev–Trinajstić information content (AvgIpc) is 3.00. The van der Waals surface area contributed by atoms with Gasteiger partial charge in [0.15, 0.2) is 0 Å². The molecule has 2 atom stereocenters. The van der Waals surface area contributed by atoms with E-state index in [-0.39, 0.29) is 30.5 Å². The fraction of sp³-hybridized carbons (Fsp3) is 0.588. The van der Waals surface area contributed by atoms with E-state index in [9.17, 15) is 18.0 Å². The van der Waals surface area contributed by atoms with Gasteiger partial charge in [-0.25, -0.2) is 4.79 Å². The van der Waals surface area contributed by atoms with Gasteiger partial charge in [0.05, 0.1) is 11.6 Å². The Kier molecular flexibility index (Phi) is 5.74. The minimum atomic E-state index is -4.37. The summed E-state index contributed by atoms with van der Waals surface area (Å²) in [6, 6.07) is 4.28. The summed E-state index contributed by atoms with van der Waals surface area (Å²) in [6.45, 7) is 4.94. The van der Waals surface area contributed by atoms with E-state index in [4.69, 9.17) is 5.11 Å². The molecule has 0 bridgehead atoms. The van der Waals surface area contributed by atoms with Crippen LogP contribution in [0.1, 0.15) is 37.4 Å². The Labute approximate surface area is 139 Å². The molecule has 0 saturated carbocycles. The van der Waals surface area contributed by atoms with Gasteiger partial charge in [0.1, 0.15) is 0 Å². The number of amides is 2. The predicted molar refractivity (Wildman–Crippen MR) is 84.3 cm³/mol. The number of rotatable bonds is 4. The van der Waals surface area contributed by atoms with E-state index in [1.807, 2.05) is 13.8 Å². The van der Waals surface area contributed by atoms with Gasteiger partial charge in [-0.15, -0.1) is 0 Å². The first-order valence-electron chi connectivity index (χ1n) is 8.05. The Morgan fingerprint density at radius 1 is 1.33 bits per heavy atom. The maximum absolute atomic E-state index is 12.7. The van der Waals surface area contributed by atoms with Gasteiger partial charge in [-0.3, -0.25) is 0 Å². The molecule has 4 nitrogen and oxygen atoms in total. The highest BCUT2D eigenvalue weighted by Gasteiger charge is 2.31. The second kappa shape index (κ2) is 7.42. The topological polar surface area (TPSA) is 52.6 Å². The van der Waals surface area contributed by atoms with Gasteiger partial charge in [0.2, 0.25) is 0 Å². The molecular weight excluding hydrogens is 321 g/mol. The minimum absolute atomic E-state index is 0.0296. The third kappa shape index (κ3) is 4.41. The summed E-state index contributed by atoms with van der Waals surface area (Å²) in [7, 11) is 0. The molecule has 1 aromatic carbocycles. The fourth-order valence-corrected chi connectivity index (χ4v) is 2.90. The molecule has 0 radical (unpaired) electrons. The van der Waals surface area contributed by atoms with Gasteiger partial charge >= 0.3 is 12.2 Å². The number of halogens is 3. The van der Waals surface area contributed by atoms with Crippen LogP contribution in [-0.4, -0.2) is 35.7 Å². The summed E-state index contributed by atoms with van der Waals surface area (Å²) >= 11 is 0. The largest absolute Gasteiger partial charge is 0.416 e. The molecule has 1 aliphatic heterocycles. The Morgan fingerprint density at radius 3 is 2.42 bits per heavy atom. The zero-order valence-corrected chi connectivity index (χ0v) is 13.8. The van der Waals surface area contributed by atoms with Crippen LogP contribution in [0.4, 0.5) is 18.0 Å². The van der Waals surface area contributed by atoms with Crippen LogP contribution in [0.25, 0.3) is 0 Å². The number of carbonyl (C=O) groups excluding carboxylic acids is 1. The molecule has 2 rings (SSSR count). The molecule has 0 aromatic heterocycles. The van der Waals surface area contributed by atoms with Crippen molar-refractivity contribution in [1.29, 1.82) is 0 Å². The lowest BCUT2D eigenvalue weighted by Gasteiger charge is -2.26. The van der Waals surface area contributed by atoms with Gasteiger partial charge in [0.25, 0.3) is 0 Å². The highest BCUT2D eigenvalue weighted by Crippen LogP contribution is 2.31. The second-order valence-corrected chi connectivity index (χ2v) is 6.57. The van der Waals surface area contributed by atoms with Crippen molar-refractivity contribution in [3.63, 3.8) is 0 Å². The first kappa shape index (κ1) is 18.6. The molecule has 1 heterocycles. The van der Waals surface area contributed by atoms with Crippen molar-refractivity contribution < 1.29 is 23.1 Å². The third-order valence-electron chi connectivity index (χ3n) is 4.37. The number of aliphatic hydroxyl groups is 1. The molecule has 24 heavy (non-hydrogen) atoms. The Bertz CT molecular complexity index is 558. The average molecular weight is 344 g/mol. The van der Waals surface area contributed by atoms with Gasteiger partial charge in [-0.1, -0.05) is 26.0 Å². The second-order valence-electron chi connectivity index (χ2n) is 6.57. The summed E-state index contributed by atoms with van der Waals surface area (Å²) in [4.78, 5) is 14.0. The molecule has 7 heteroatoms. The number of nitrogens with zero attached hydrogens (tertiary/aromatic N) is 1. The highest BCUT2D eigenvalue weighted by molar-refractivity contribution is 5.75. The van der Waals surface area contributed by atoms with E-state index in [1.165, 1.54) is 12.1 Å². The Hall–Kier alpha value is -1.76. The van der Waals surface area contributed by atoms with E-state index >= 15 is 0 Å². The first-order chi connectivity index (χ1) is 11.2. The molecule has 1 fully saturated rings. The summed E-state index contributed by atoms with van der Waals surface area (Å²) in [5, 5.41) is 12.1.